The van der Waals surface area contributed by atoms with Crippen molar-refractivity contribution in [3.8, 4) is 0 Å². The first kappa shape index (κ1) is 12.8. The molecule has 0 radical (unpaired) electrons. The number of halogens is 4. The third kappa shape index (κ3) is 2.60. The number of nitrogens with zero attached hydrogens (tertiary/aromatic N) is 2. The summed E-state index contributed by atoms with van der Waals surface area (Å²) >= 11 is 11.2. The van der Waals surface area contributed by atoms with Gasteiger partial charge in [-0.05, 0) is 12.1 Å². The average molecular weight is 291 g/mol. The van der Waals surface area contributed by atoms with Crippen molar-refractivity contribution in [3.63, 3.8) is 0 Å². The Kier molecular flexibility index (Phi) is 3.49. The van der Waals surface area contributed by atoms with Gasteiger partial charge in [0, 0.05) is 5.69 Å². The molecule has 0 spiro atoms. The van der Waals surface area contributed by atoms with Crippen molar-refractivity contribution in [3.05, 3.63) is 40.0 Å². The second kappa shape index (κ2) is 4.91. The highest BCUT2D eigenvalue weighted by atomic mass is 35.5. The summed E-state index contributed by atoms with van der Waals surface area (Å²) in [5.74, 6) is -1.70. The number of nitrogen functional groups attached to an aromatic ring is 1. The van der Waals surface area contributed by atoms with E-state index in [9.17, 15) is 8.78 Å². The molecule has 0 amide bonds. The predicted molar refractivity (Wildman–Crippen MR) is 66.1 cm³/mol. The molecule has 0 unspecified atom stereocenters. The van der Waals surface area contributed by atoms with Gasteiger partial charge in [-0.25, -0.2) is 13.8 Å². The van der Waals surface area contributed by atoms with Crippen LogP contribution in [0.4, 0.5) is 26.2 Å². The quantitative estimate of drug-likeness (QED) is 0.832. The molecule has 18 heavy (non-hydrogen) atoms. The highest BCUT2D eigenvalue weighted by Crippen LogP contribution is 2.29. The summed E-state index contributed by atoms with van der Waals surface area (Å²) in [7, 11) is 0. The summed E-state index contributed by atoms with van der Waals surface area (Å²) in [4.78, 5) is 7.12. The van der Waals surface area contributed by atoms with Crippen LogP contribution >= 0.6 is 23.2 Å². The maximum atomic E-state index is 13.4. The van der Waals surface area contributed by atoms with Crippen LogP contribution in [0.15, 0.2) is 18.3 Å². The summed E-state index contributed by atoms with van der Waals surface area (Å²) in [6.45, 7) is 0. The fourth-order valence-electron chi connectivity index (χ4n) is 1.23. The topological polar surface area (TPSA) is 63.8 Å². The first-order chi connectivity index (χ1) is 8.47. The number of benzene rings is 1. The molecular formula is C10H6Cl2F2N4. The van der Waals surface area contributed by atoms with Crippen LogP contribution < -0.4 is 11.1 Å². The molecule has 0 atom stereocenters. The molecule has 4 nitrogen and oxygen atoms in total. The second-order valence-electron chi connectivity index (χ2n) is 3.30. The minimum Gasteiger partial charge on any atom is -0.368 e. The van der Waals surface area contributed by atoms with E-state index in [1.807, 2.05) is 0 Å². The number of nitrogens with two attached hydrogens (primary N) is 1. The van der Waals surface area contributed by atoms with E-state index in [1.165, 1.54) is 12.1 Å². The third-order valence-electron chi connectivity index (χ3n) is 2.01. The van der Waals surface area contributed by atoms with Crippen LogP contribution in [0.3, 0.4) is 0 Å². The number of aromatic nitrogens is 2. The molecule has 0 aliphatic rings. The van der Waals surface area contributed by atoms with Crippen LogP contribution in [0.2, 0.25) is 10.0 Å². The molecule has 0 aliphatic heterocycles. The van der Waals surface area contributed by atoms with Gasteiger partial charge in [0.15, 0.2) is 17.5 Å². The maximum absolute atomic E-state index is 13.4. The molecule has 8 heteroatoms. The maximum Gasteiger partial charge on any atom is 0.222 e. The number of rotatable bonds is 2. The fourth-order valence-corrected chi connectivity index (χ4v) is 1.72. The lowest BCUT2D eigenvalue weighted by atomic mass is 10.3. The van der Waals surface area contributed by atoms with Gasteiger partial charge in [-0.2, -0.15) is 4.98 Å². The first-order valence-corrected chi connectivity index (χ1v) is 5.42. The molecule has 0 saturated heterocycles. The van der Waals surface area contributed by atoms with E-state index in [0.717, 1.165) is 6.20 Å². The van der Waals surface area contributed by atoms with Crippen molar-refractivity contribution in [1.29, 1.82) is 0 Å². The molecule has 2 aromatic rings. The van der Waals surface area contributed by atoms with Crippen LogP contribution in [0.5, 0.6) is 0 Å². The minimum atomic E-state index is -0.744. The van der Waals surface area contributed by atoms with Crippen LogP contribution in [0.1, 0.15) is 0 Å². The molecule has 0 bridgehead atoms. The summed E-state index contributed by atoms with van der Waals surface area (Å²) in [6, 6.07) is 2.50. The van der Waals surface area contributed by atoms with Crippen LogP contribution in [0.25, 0.3) is 0 Å². The van der Waals surface area contributed by atoms with Crippen LogP contribution in [-0.2, 0) is 0 Å². The molecule has 1 heterocycles. The van der Waals surface area contributed by atoms with Crippen molar-refractivity contribution in [2.75, 3.05) is 11.1 Å². The van der Waals surface area contributed by atoms with E-state index in [4.69, 9.17) is 28.9 Å². The number of anilines is 3. The Morgan fingerprint density at radius 3 is 2.39 bits per heavy atom. The molecule has 1 aromatic heterocycles. The summed E-state index contributed by atoms with van der Waals surface area (Å²) in [6.07, 6.45) is 0.914. The van der Waals surface area contributed by atoms with Gasteiger partial charge in [0.25, 0.3) is 0 Å². The van der Waals surface area contributed by atoms with E-state index in [-0.39, 0.29) is 27.5 Å². The average Bonchev–Trinajstić information content (AvgIpc) is 2.31. The van der Waals surface area contributed by atoms with Crippen LogP contribution in [-0.4, -0.2) is 9.97 Å². The smallest absolute Gasteiger partial charge is 0.222 e. The number of hydrogen-bond acceptors (Lipinski definition) is 4. The van der Waals surface area contributed by atoms with Crippen molar-refractivity contribution < 1.29 is 8.78 Å². The van der Waals surface area contributed by atoms with Gasteiger partial charge in [-0.3, -0.25) is 0 Å². The van der Waals surface area contributed by atoms with Crippen molar-refractivity contribution in [2.24, 2.45) is 0 Å². The Morgan fingerprint density at radius 1 is 1.17 bits per heavy atom. The molecule has 2 rings (SSSR count). The lowest BCUT2D eigenvalue weighted by molar-refractivity contribution is 0.619. The Bertz CT molecular complexity index is 583. The zero-order valence-electron chi connectivity index (χ0n) is 8.72. The van der Waals surface area contributed by atoms with Gasteiger partial charge < -0.3 is 11.1 Å². The molecule has 0 saturated carbocycles. The van der Waals surface area contributed by atoms with Gasteiger partial charge >= 0.3 is 0 Å². The van der Waals surface area contributed by atoms with E-state index in [0.29, 0.717) is 0 Å². The van der Waals surface area contributed by atoms with Crippen molar-refractivity contribution >= 4 is 40.7 Å². The number of hydrogen-bond donors (Lipinski definition) is 2. The normalized spacial score (nSPS) is 10.4. The van der Waals surface area contributed by atoms with Gasteiger partial charge in [0.1, 0.15) is 0 Å². The largest absolute Gasteiger partial charge is 0.368 e. The monoisotopic (exact) mass is 290 g/mol. The molecule has 94 valence electrons. The third-order valence-corrected chi connectivity index (χ3v) is 2.56. The Balaban J connectivity index is 2.37. The molecule has 1 aromatic carbocycles. The standard InChI is InChI=1S/C10H6Cl2F2N4/c11-5-1-4(2-6(12)8(5)14)17-9-7(13)3-16-10(15)18-9/h1-3H,(H3,15,16,17,18). The first-order valence-electron chi connectivity index (χ1n) is 4.67. The Morgan fingerprint density at radius 2 is 1.78 bits per heavy atom. The Labute approximate surface area is 111 Å². The van der Waals surface area contributed by atoms with E-state index >= 15 is 0 Å². The highest BCUT2D eigenvalue weighted by molar-refractivity contribution is 6.35. The zero-order chi connectivity index (χ0) is 13.3. The lowest BCUT2D eigenvalue weighted by Gasteiger charge is -2.08. The van der Waals surface area contributed by atoms with Crippen LogP contribution in [0, 0.1) is 11.6 Å². The molecule has 3 N–H and O–H groups in total. The Hall–Kier alpha value is -1.66. The zero-order valence-corrected chi connectivity index (χ0v) is 10.2. The van der Waals surface area contributed by atoms with Gasteiger partial charge in [0.2, 0.25) is 5.95 Å². The summed E-state index contributed by atoms with van der Waals surface area (Å²) in [5.41, 5.74) is 5.60. The fraction of sp³-hybridized carbons (Fsp3) is 0. The summed E-state index contributed by atoms with van der Waals surface area (Å²) in [5, 5.41) is 2.21. The van der Waals surface area contributed by atoms with E-state index in [1.54, 1.807) is 0 Å². The summed E-state index contributed by atoms with van der Waals surface area (Å²) < 4.78 is 26.5. The van der Waals surface area contributed by atoms with E-state index < -0.39 is 11.6 Å². The molecule has 0 fully saturated rings. The second-order valence-corrected chi connectivity index (χ2v) is 4.12. The molecule has 0 aliphatic carbocycles. The predicted octanol–water partition coefficient (Wildman–Crippen LogP) is 3.39. The lowest BCUT2D eigenvalue weighted by Crippen LogP contribution is -2.02. The molecular weight excluding hydrogens is 285 g/mol. The highest BCUT2D eigenvalue weighted by Gasteiger charge is 2.10. The van der Waals surface area contributed by atoms with Gasteiger partial charge in [0.05, 0.1) is 16.2 Å². The van der Waals surface area contributed by atoms with E-state index in [2.05, 4.69) is 15.3 Å². The SMILES string of the molecule is Nc1ncc(F)c(Nc2cc(Cl)c(F)c(Cl)c2)n1. The van der Waals surface area contributed by atoms with Gasteiger partial charge in [-0.1, -0.05) is 23.2 Å². The van der Waals surface area contributed by atoms with Crippen molar-refractivity contribution in [1.82, 2.24) is 9.97 Å². The van der Waals surface area contributed by atoms with Crippen molar-refractivity contribution in [2.45, 2.75) is 0 Å². The number of nitrogens with one attached hydrogen (secondary N) is 1. The minimum absolute atomic E-state index is 0.0989. The van der Waals surface area contributed by atoms with Gasteiger partial charge in [-0.15, -0.1) is 0 Å².